The Balaban J connectivity index is 1.80. The molecule has 0 saturated heterocycles. The van der Waals surface area contributed by atoms with E-state index in [0.29, 0.717) is 6.04 Å². The first-order chi connectivity index (χ1) is 10.3. The van der Waals surface area contributed by atoms with Gasteiger partial charge in [-0.2, -0.15) is 0 Å². The van der Waals surface area contributed by atoms with E-state index in [4.69, 9.17) is 5.73 Å². The van der Waals surface area contributed by atoms with Gasteiger partial charge in [0.2, 0.25) is 0 Å². The van der Waals surface area contributed by atoms with Crippen molar-refractivity contribution in [2.75, 3.05) is 19.6 Å². The van der Waals surface area contributed by atoms with E-state index < -0.39 is 0 Å². The lowest BCUT2D eigenvalue weighted by molar-refractivity contribution is 0.196. The molecule has 2 rings (SSSR count). The molecule has 21 heavy (non-hydrogen) atoms. The summed E-state index contributed by atoms with van der Waals surface area (Å²) in [5, 5.41) is 0. The molecule has 2 heteroatoms. The summed E-state index contributed by atoms with van der Waals surface area (Å²) in [5.74, 6) is 0. The molecule has 0 amide bonds. The van der Waals surface area contributed by atoms with Gasteiger partial charge in [-0.05, 0) is 30.4 Å². The predicted molar refractivity (Wildman–Crippen MR) is 91.6 cm³/mol. The minimum Gasteiger partial charge on any atom is -0.329 e. The molecule has 0 radical (unpaired) electrons. The summed E-state index contributed by atoms with van der Waals surface area (Å²) < 4.78 is 0. The standard InChI is InChI=1S/C19H32N2/c1-2-3-4-5-6-11-19(16-20)21-14-12-17-9-7-8-10-18(17)13-15-21/h7-10,19H,2-6,11-16,20H2,1H3. The summed E-state index contributed by atoms with van der Waals surface area (Å²) >= 11 is 0. The second kappa shape index (κ2) is 9.22. The fourth-order valence-electron chi connectivity index (χ4n) is 3.48. The number of hydrogen-bond donors (Lipinski definition) is 1. The molecular formula is C19H32N2. The summed E-state index contributed by atoms with van der Waals surface area (Å²) in [6.07, 6.45) is 10.4. The fraction of sp³-hybridized carbons (Fsp3) is 0.684. The van der Waals surface area contributed by atoms with Crippen molar-refractivity contribution in [2.45, 2.75) is 64.3 Å². The molecule has 0 saturated carbocycles. The second-order valence-electron chi connectivity index (χ2n) is 6.40. The SMILES string of the molecule is CCCCCCCC(CN)N1CCc2ccccc2CC1. The Hall–Kier alpha value is -0.860. The van der Waals surface area contributed by atoms with E-state index in [2.05, 4.69) is 36.1 Å². The Morgan fingerprint density at radius 2 is 1.62 bits per heavy atom. The summed E-state index contributed by atoms with van der Waals surface area (Å²) in [4.78, 5) is 2.64. The second-order valence-corrected chi connectivity index (χ2v) is 6.40. The van der Waals surface area contributed by atoms with Crippen LogP contribution < -0.4 is 5.73 Å². The van der Waals surface area contributed by atoms with Gasteiger partial charge in [0.1, 0.15) is 0 Å². The van der Waals surface area contributed by atoms with Crippen LogP contribution in [0, 0.1) is 0 Å². The van der Waals surface area contributed by atoms with Crippen molar-refractivity contribution in [1.29, 1.82) is 0 Å². The molecule has 1 atom stereocenters. The number of hydrogen-bond acceptors (Lipinski definition) is 2. The lowest BCUT2D eigenvalue weighted by atomic mass is 10.0. The molecule has 1 heterocycles. The van der Waals surface area contributed by atoms with Crippen LogP contribution in [0.15, 0.2) is 24.3 Å². The Kier molecular flexibility index (Phi) is 7.25. The van der Waals surface area contributed by atoms with Gasteiger partial charge in [0.15, 0.2) is 0 Å². The van der Waals surface area contributed by atoms with Gasteiger partial charge in [0, 0.05) is 25.7 Å². The van der Waals surface area contributed by atoms with Gasteiger partial charge < -0.3 is 5.73 Å². The molecule has 0 spiro atoms. The molecule has 1 aromatic carbocycles. The van der Waals surface area contributed by atoms with E-state index in [-0.39, 0.29) is 0 Å². The molecule has 1 aromatic rings. The van der Waals surface area contributed by atoms with Crippen molar-refractivity contribution >= 4 is 0 Å². The van der Waals surface area contributed by atoms with Crippen LogP contribution >= 0.6 is 0 Å². The van der Waals surface area contributed by atoms with E-state index in [1.807, 2.05) is 0 Å². The molecule has 2 nitrogen and oxygen atoms in total. The molecule has 0 fully saturated rings. The van der Waals surface area contributed by atoms with Crippen molar-refractivity contribution < 1.29 is 0 Å². The highest BCUT2D eigenvalue weighted by Gasteiger charge is 2.20. The van der Waals surface area contributed by atoms with Gasteiger partial charge in [-0.1, -0.05) is 63.3 Å². The van der Waals surface area contributed by atoms with Crippen molar-refractivity contribution in [3.8, 4) is 0 Å². The normalized spacial score (nSPS) is 17.2. The van der Waals surface area contributed by atoms with Crippen LogP contribution in [0.1, 0.15) is 56.6 Å². The van der Waals surface area contributed by atoms with Crippen molar-refractivity contribution in [1.82, 2.24) is 4.90 Å². The number of nitrogens with two attached hydrogens (primary N) is 1. The average Bonchev–Trinajstić information content (AvgIpc) is 2.74. The number of unbranched alkanes of at least 4 members (excludes halogenated alkanes) is 4. The molecule has 1 aliphatic heterocycles. The third kappa shape index (κ3) is 5.12. The number of benzene rings is 1. The molecule has 0 aromatic heterocycles. The summed E-state index contributed by atoms with van der Waals surface area (Å²) in [6.45, 7) is 5.43. The summed E-state index contributed by atoms with van der Waals surface area (Å²) in [7, 11) is 0. The van der Waals surface area contributed by atoms with Crippen LogP contribution in [-0.4, -0.2) is 30.6 Å². The Bertz CT molecular complexity index is 375. The smallest absolute Gasteiger partial charge is 0.0218 e. The van der Waals surface area contributed by atoms with Crippen LogP contribution in [-0.2, 0) is 12.8 Å². The zero-order chi connectivity index (χ0) is 14.9. The van der Waals surface area contributed by atoms with E-state index in [1.54, 1.807) is 11.1 Å². The number of fused-ring (bicyclic) bond motifs is 1. The maximum absolute atomic E-state index is 6.06. The summed E-state index contributed by atoms with van der Waals surface area (Å²) in [5.41, 5.74) is 9.14. The highest BCUT2D eigenvalue weighted by Crippen LogP contribution is 2.19. The topological polar surface area (TPSA) is 29.3 Å². The molecule has 0 bridgehead atoms. The Labute approximate surface area is 130 Å². The van der Waals surface area contributed by atoms with Gasteiger partial charge in [-0.3, -0.25) is 4.90 Å². The third-order valence-electron chi connectivity index (χ3n) is 4.88. The van der Waals surface area contributed by atoms with E-state index in [9.17, 15) is 0 Å². The fourth-order valence-corrected chi connectivity index (χ4v) is 3.48. The largest absolute Gasteiger partial charge is 0.329 e. The lowest BCUT2D eigenvalue weighted by Gasteiger charge is -2.29. The third-order valence-corrected chi connectivity index (χ3v) is 4.88. The Morgan fingerprint density at radius 1 is 1.00 bits per heavy atom. The molecular weight excluding hydrogens is 256 g/mol. The minimum atomic E-state index is 0.584. The Morgan fingerprint density at radius 3 is 2.19 bits per heavy atom. The van der Waals surface area contributed by atoms with E-state index >= 15 is 0 Å². The van der Waals surface area contributed by atoms with Crippen molar-refractivity contribution in [3.05, 3.63) is 35.4 Å². The van der Waals surface area contributed by atoms with E-state index in [1.165, 1.54) is 64.5 Å². The monoisotopic (exact) mass is 288 g/mol. The van der Waals surface area contributed by atoms with Crippen LogP contribution in [0.3, 0.4) is 0 Å². The average molecular weight is 288 g/mol. The van der Waals surface area contributed by atoms with Gasteiger partial charge in [-0.15, -0.1) is 0 Å². The first kappa shape index (κ1) is 16.5. The van der Waals surface area contributed by atoms with Crippen LogP contribution in [0.5, 0.6) is 0 Å². The highest BCUT2D eigenvalue weighted by molar-refractivity contribution is 5.28. The maximum Gasteiger partial charge on any atom is 0.0218 e. The number of rotatable bonds is 8. The first-order valence-corrected chi connectivity index (χ1v) is 8.86. The first-order valence-electron chi connectivity index (χ1n) is 8.86. The maximum atomic E-state index is 6.06. The zero-order valence-corrected chi connectivity index (χ0v) is 13.7. The quantitative estimate of drug-likeness (QED) is 0.738. The van der Waals surface area contributed by atoms with Crippen LogP contribution in [0.25, 0.3) is 0 Å². The molecule has 2 N–H and O–H groups in total. The van der Waals surface area contributed by atoms with Crippen molar-refractivity contribution in [3.63, 3.8) is 0 Å². The highest BCUT2D eigenvalue weighted by atomic mass is 15.2. The van der Waals surface area contributed by atoms with Gasteiger partial charge in [-0.25, -0.2) is 0 Å². The van der Waals surface area contributed by atoms with Crippen LogP contribution in [0.2, 0.25) is 0 Å². The molecule has 1 unspecified atom stereocenters. The van der Waals surface area contributed by atoms with Crippen molar-refractivity contribution in [2.24, 2.45) is 5.73 Å². The molecule has 118 valence electrons. The summed E-state index contributed by atoms with van der Waals surface area (Å²) in [6, 6.07) is 9.51. The van der Waals surface area contributed by atoms with Gasteiger partial charge in [0.25, 0.3) is 0 Å². The van der Waals surface area contributed by atoms with Gasteiger partial charge in [0.05, 0.1) is 0 Å². The van der Waals surface area contributed by atoms with Crippen LogP contribution in [0.4, 0.5) is 0 Å². The lowest BCUT2D eigenvalue weighted by Crippen LogP contribution is -2.42. The molecule has 0 aliphatic carbocycles. The zero-order valence-electron chi connectivity index (χ0n) is 13.7. The van der Waals surface area contributed by atoms with E-state index in [0.717, 1.165) is 6.54 Å². The predicted octanol–water partition coefficient (Wildman–Crippen LogP) is 3.78. The van der Waals surface area contributed by atoms with Gasteiger partial charge >= 0.3 is 0 Å². The number of nitrogens with zero attached hydrogens (tertiary/aromatic N) is 1. The molecule has 1 aliphatic rings. The minimum absolute atomic E-state index is 0.584.